The van der Waals surface area contributed by atoms with Crippen molar-refractivity contribution >= 4 is 23.8 Å². The van der Waals surface area contributed by atoms with E-state index in [2.05, 4.69) is 28.9 Å². The second kappa shape index (κ2) is 12.5. The van der Waals surface area contributed by atoms with Crippen LogP contribution in [-0.2, 0) is 20.9 Å². The average molecular weight is 541 g/mol. The maximum absolute atomic E-state index is 13.3. The molecule has 0 unspecified atom stereocenters. The molecule has 2 heterocycles. The van der Waals surface area contributed by atoms with Gasteiger partial charge in [0.2, 0.25) is 11.8 Å². The van der Waals surface area contributed by atoms with Gasteiger partial charge in [-0.3, -0.25) is 19.7 Å². The van der Waals surface area contributed by atoms with Gasteiger partial charge in [0.05, 0.1) is 0 Å². The summed E-state index contributed by atoms with van der Waals surface area (Å²) in [5.74, 6) is -0.355. The molecule has 1 saturated heterocycles. The first-order valence-electron chi connectivity index (χ1n) is 14.5. The van der Waals surface area contributed by atoms with Gasteiger partial charge in [-0.2, -0.15) is 0 Å². The molecule has 0 radical (unpaired) electrons. The normalized spacial score (nSPS) is 24.3. The minimum absolute atomic E-state index is 0.121. The van der Waals surface area contributed by atoms with E-state index in [1.54, 1.807) is 4.90 Å². The molecule has 2 aliphatic heterocycles. The van der Waals surface area contributed by atoms with Gasteiger partial charge in [-0.05, 0) is 82.4 Å². The van der Waals surface area contributed by atoms with Gasteiger partial charge in [-0.25, -0.2) is 4.79 Å². The zero-order valence-corrected chi connectivity index (χ0v) is 23.8. The lowest BCUT2D eigenvalue weighted by Gasteiger charge is -2.33. The van der Waals surface area contributed by atoms with Gasteiger partial charge < -0.3 is 20.3 Å². The van der Waals surface area contributed by atoms with Crippen LogP contribution in [0.1, 0.15) is 113 Å². The highest BCUT2D eigenvalue weighted by Crippen LogP contribution is 2.35. The predicted molar refractivity (Wildman–Crippen MR) is 148 cm³/mol. The molecule has 1 aliphatic carbocycles. The highest BCUT2D eigenvalue weighted by molar-refractivity contribution is 6.05. The first-order valence-corrected chi connectivity index (χ1v) is 14.5. The van der Waals surface area contributed by atoms with Crippen molar-refractivity contribution in [2.24, 2.45) is 5.92 Å². The molecule has 0 aromatic heterocycles. The van der Waals surface area contributed by atoms with E-state index >= 15 is 0 Å². The monoisotopic (exact) mass is 540 g/mol. The molecule has 2 fully saturated rings. The molecule has 0 bridgehead atoms. The van der Waals surface area contributed by atoms with E-state index in [9.17, 15) is 19.2 Å². The van der Waals surface area contributed by atoms with E-state index in [0.717, 1.165) is 56.1 Å². The molecule has 1 aromatic carbocycles. The summed E-state index contributed by atoms with van der Waals surface area (Å²) < 4.78 is 5.36. The molecule has 4 rings (SSSR count). The molecule has 9 heteroatoms. The fourth-order valence-electron chi connectivity index (χ4n) is 6.03. The summed E-state index contributed by atoms with van der Waals surface area (Å²) in [4.78, 5) is 51.1. The first-order chi connectivity index (χ1) is 18.6. The Bertz CT molecular complexity index is 1070. The van der Waals surface area contributed by atoms with Gasteiger partial charge in [0.1, 0.15) is 11.6 Å². The molecule has 4 amide bonds. The fraction of sp³-hybridized carbons (Fsp3) is 0.667. The van der Waals surface area contributed by atoms with Crippen LogP contribution in [0.2, 0.25) is 0 Å². The summed E-state index contributed by atoms with van der Waals surface area (Å²) in [6.07, 6.45) is 7.49. The molecule has 2 atom stereocenters. The Hall–Kier alpha value is -2.94. The van der Waals surface area contributed by atoms with Crippen molar-refractivity contribution in [1.29, 1.82) is 0 Å². The molecular formula is C30H44N4O5. The van der Waals surface area contributed by atoms with Crippen molar-refractivity contribution in [2.45, 2.75) is 116 Å². The largest absolute Gasteiger partial charge is 0.444 e. The number of hydrogen-bond donors (Lipinski definition) is 3. The lowest BCUT2D eigenvalue weighted by molar-refractivity contribution is -0.136. The molecule has 39 heavy (non-hydrogen) atoms. The smallest absolute Gasteiger partial charge is 0.407 e. The third-order valence-electron chi connectivity index (χ3n) is 8.06. The standard InChI is InChI=1S/C30H44N4O5/c1-5-6-10-24(32-20-13-11-19(12-14-20)17-31-29(38)39-30(2,3)4)21-8-7-9-22-23(21)18-34(28(22)37)25-15-16-26(35)33-27(25)36/h7-9,19-20,24-25,32H,5-6,10-18H2,1-4H3,(H,31,38)(H,33,35,36)/t19?,20?,24-,25-/m1/s1. The summed E-state index contributed by atoms with van der Waals surface area (Å²) in [6, 6.07) is 5.79. The van der Waals surface area contributed by atoms with Crippen molar-refractivity contribution in [1.82, 2.24) is 20.9 Å². The number of benzene rings is 1. The Kier molecular flexibility index (Phi) is 9.31. The molecule has 1 saturated carbocycles. The van der Waals surface area contributed by atoms with E-state index in [1.807, 2.05) is 32.9 Å². The minimum atomic E-state index is -0.609. The van der Waals surface area contributed by atoms with Crippen molar-refractivity contribution in [3.63, 3.8) is 0 Å². The van der Waals surface area contributed by atoms with E-state index in [-0.39, 0.29) is 36.3 Å². The predicted octanol–water partition coefficient (Wildman–Crippen LogP) is 4.35. The zero-order valence-electron chi connectivity index (χ0n) is 23.8. The van der Waals surface area contributed by atoms with Gasteiger partial charge in [0.15, 0.2) is 0 Å². The van der Waals surface area contributed by atoms with Gasteiger partial charge in [0.25, 0.3) is 5.91 Å². The van der Waals surface area contributed by atoms with Gasteiger partial charge in [0, 0.05) is 37.2 Å². The Balaban J connectivity index is 1.39. The Labute approximate surface area is 231 Å². The number of alkyl carbamates (subject to hydrolysis) is 1. The highest BCUT2D eigenvalue weighted by atomic mass is 16.6. The zero-order chi connectivity index (χ0) is 28.2. The van der Waals surface area contributed by atoms with Gasteiger partial charge in [-0.15, -0.1) is 0 Å². The van der Waals surface area contributed by atoms with Crippen molar-refractivity contribution in [3.8, 4) is 0 Å². The summed E-state index contributed by atoms with van der Waals surface area (Å²) in [5, 5.41) is 9.22. The third-order valence-corrected chi connectivity index (χ3v) is 8.06. The second-order valence-corrected chi connectivity index (χ2v) is 12.2. The van der Waals surface area contributed by atoms with Crippen LogP contribution in [0.5, 0.6) is 0 Å². The number of hydrogen-bond acceptors (Lipinski definition) is 6. The van der Waals surface area contributed by atoms with Crippen molar-refractivity contribution < 1.29 is 23.9 Å². The Morgan fingerprint density at radius 1 is 1.13 bits per heavy atom. The number of fused-ring (bicyclic) bond motifs is 1. The highest BCUT2D eigenvalue weighted by Gasteiger charge is 2.40. The van der Waals surface area contributed by atoms with Crippen LogP contribution in [0.25, 0.3) is 0 Å². The lowest BCUT2D eigenvalue weighted by Crippen LogP contribution is -2.52. The number of carbonyl (C=O) groups is 4. The summed E-state index contributed by atoms with van der Waals surface area (Å²) in [6.45, 7) is 8.80. The Morgan fingerprint density at radius 2 is 1.87 bits per heavy atom. The molecule has 3 aliphatic rings. The molecule has 1 aromatic rings. The quantitative estimate of drug-likeness (QED) is 0.401. The van der Waals surface area contributed by atoms with Crippen LogP contribution in [0.15, 0.2) is 18.2 Å². The number of rotatable bonds is 9. The number of amides is 4. The third kappa shape index (κ3) is 7.38. The van der Waals surface area contributed by atoms with E-state index in [1.165, 1.54) is 0 Å². The molecule has 3 N–H and O–H groups in total. The van der Waals surface area contributed by atoms with Crippen LogP contribution in [-0.4, -0.2) is 52.9 Å². The molecule has 9 nitrogen and oxygen atoms in total. The van der Waals surface area contributed by atoms with Crippen LogP contribution in [0.3, 0.4) is 0 Å². The van der Waals surface area contributed by atoms with E-state index < -0.39 is 11.6 Å². The maximum Gasteiger partial charge on any atom is 0.407 e. The summed E-state index contributed by atoms with van der Waals surface area (Å²) >= 11 is 0. The number of carbonyl (C=O) groups excluding carboxylic acids is 4. The molecule has 214 valence electrons. The number of piperidine rings is 1. The van der Waals surface area contributed by atoms with Crippen molar-refractivity contribution in [3.05, 3.63) is 34.9 Å². The maximum atomic E-state index is 13.3. The van der Waals surface area contributed by atoms with Gasteiger partial charge in [-0.1, -0.05) is 31.9 Å². The number of ether oxygens (including phenoxy) is 1. The van der Waals surface area contributed by atoms with Crippen LogP contribution in [0, 0.1) is 5.92 Å². The lowest BCUT2D eigenvalue weighted by atomic mass is 9.84. The van der Waals surface area contributed by atoms with Crippen molar-refractivity contribution in [2.75, 3.05) is 6.54 Å². The Morgan fingerprint density at radius 3 is 2.54 bits per heavy atom. The average Bonchev–Trinajstić information content (AvgIpc) is 3.21. The van der Waals surface area contributed by atoms with Crippen LogP contribution in [0.4, 0.5) is 4.79 Å². The topological polar surface area (TPSA) is 117 Å². The number of imide groups is 1. The fourth-order valence-corrected chi connectivity index (χ4v) is 6.03. The SMILES string of the molecule is CCCC[C@@H](NC1CCC(CNC(=O)OC(C)(C)C)CC1)c1cccc2c1CN([C@@H]1CCC(=O)NC1=O)C2=O. The molecular weight excluding hydrogens is 496 g/mol. The van der Waals surface area contributed by atoms with Crippen LogP contribution >= 0.6 is 0 Å². The van der Waals surface area contributed by atoms with E-state index in [4.69, 9.17) is 4.74 Å². The number of unbranched alkanes of at least 4 members (excludes halogenated alkanes) is 1. The number of nitrogens with one attached hydrogen (secondary N) is 3. The molecule has 0 spiro atoms. The van der Waals surface area contributed by atoms with Gasteiger partial charge >= 0.3 is 6.09 Å². The van der Waals surface area contributed by atoms with E-state index in [0.29, 0.717) is 37.0 Å². The second-order valence-electron chi connectivity index (χ2n) is 12.2. The first kappa shape index (κ1) is 29.1. The number of nitrogens with zero attached hydrogens (tertiary/aromatic N) is 1. The summed E-state index contributed by atoms with van der Waals surface area (Å²) in [5.41, 5.74) is 2.30. The minimum Gasteiger partial charge on any atom is -0.444 e. The summed E-state index contributed by atoms with van der Waals surface area (Å²) in [7, 11) is 0. The van der Waals surface area contributed by atoms with Crippen LogP contribution < -0.4 is 16.0 Å².